The van der Waals surface area contributed by atoms with E-state index >= 15 is 0 Å². The van der Waals surface area contributed by atoms with E-state index in [1.807, 2.05) is 6.07 Å². The molecule has 1 atom stereocenters. The van der Waals surface area contributed by atoms with E-state index in [1.165, 1.54) is 4.90 Å². The largest absolute Gasteiger partial charge is 0.475 e. The zero-order valence-corrected chi connectivity index (χ0v) is 14.5. The average Bonchev–Trinajstić information content (AvgIpc) is 3.10. The van der Waals surface area contributed by atoms with Crippen molar-refractivity contribution in [2.24, 2.45) is 5.92 Å². The highest BCUT2D eigenvalue weighted by Gasteiger charge is 2.26. The van der Waals surface area contributed by atoms with Gasteiger partial charge >= 0.3 is 6.09 Å². The van der Waals surface area contributed by atoms with Gasteiger partial charge in [-0.3, -0.25) is 0 Å². The van der Waals surface area contributed by atoms with Crippen LogP contribution in [0, 0.1) is 17.2 Å². The molecule has 2 aromatic rings. The van der Waals surface area contributed by atoms with Crippen LogP contribution in [-0.4, -0.2) is 45.8 Å². The van der Waals surface area contributed by atoms with E-state index in [-0.39, 0.29) is 29.4 Å². The number of aromatic nitrogens is 2. The van der Waals surface area contributed by atoms with Gasteiger partial charge in [0.15, 0.2) is 11.0 Å². The highest BCUT2D eigenvalue weighted by Crippen LogP contribution is 2.30. The van der Waals surface area contributed by atoms with Gasteiger partial charge in [0, 0.05) is 24.6 Å². The highest BCUT2D eigenvalue weighted by molar-refractivity contribution is 6.32. The van der Waals surface area contributed by atoms with Gasteiger partial charge < -0.3 is 20.5 Å². The fraction of sp³-hybridized carbons (Fsp3) is 0.294. The zero-order chi connectivity index (χ0) is 18.7. The minimum Gasteiger partial charge on any atom is -0.475 e. The summed E-state index contributed by atoms with van der Waals surface area (Å²) < 4.78 is 5.68. The van der Waals surface area contributed by atoms with Crippen LogP contribution in [0.5, 0.6) is 5.88 Å². The number of nitrogen functional groups attached to an aromatic ring is 1. The Morgan fingerprint density at radius 3 is 2.77 bits per heavy atom. The maximum atomic E-state index is 11.0. The van der Waals surface area contributed by atoms with E-state index in [0.717, 1.165) is 6.42 Å². The molecule has 0 radical (unpaired) electrons. The van der Waals surface area contributed by atoms with E-state index in [0.29, 0.717) is 29.9 Å². The van der Waals surface area contributed by atoms with Crippen molar-refractivity contribution in [2.75, 3.05) is 25.4 Å². The number of anilines is 1. The number of hydrogen-bond acceptors (Lipinski definition) is 6. The van der Waals surface area contributed by atoms with Crippen molar-refractivity contribution < 1.29 is 14.6 Å². The maximum absolute atomic E-state index is 11.0. The highest BCUT2D eigenvalue weighted by atomic mass is 35.5. The van der Waals surface area contributed by atoms with Gasteiger partial charge in [-0.05, 0) is 18.6 Å². The maximum Gasteiger partial charge on any atom is 0.407 e. The Kier molecular flexibility index (Phi) is 5.09. The summed E-state index contributed by atoms with van der Waals surface area (Å²) in [4.78, 5) is 20.7. The third-order valence-corrected chi connectivity index (χ3v) is 4.41. The standard InChI is InChI=1S/C17H16ClN5O3/c18-14-13(12-3-1-10(7-19)2-4-12)21-16(15(20)22-14)26-9-11-5-6-23(8-11)17(24)25/h1-4,11H,5-6,8-9H2,(H2,20,22)(H,24,25)/t11-/m1/s1. The molecule has 1 fully saturated rings. The SMILES string of the molecule is N#Cc1ccc(-c2nc(OC[C@@H]3CCN(C(=O)O)C3)c(N)nc2Cl)cc1. The number of carboxylic acid groups (broad SMARTS) is 1. The number of nitrogens with zero attached hydrogens (tertiary/aromatic N) is 4. The molecule has 26 heavy (non-hydrogen) atoms. The number of carbonyl (C=O) groups is 1. The van der Waals surface area contributed by atoms with Crippen LogP contribution in [0.15, 0.2) is 24.3 Å². The normalized spacial score (nSPS) is 16.3. The number of rotatable bonds is 4. The molecular formula is C17H16ClN5O3. The Morgan fingerprint density at radius 2 is 2.15 bits per heavy atom. The Hall–Kier alpha value is -3.05. The van der Waals surface area contributed by atoms with Crippen molar-refractivity contribution in [3.63, 3.8) is 0 Å². The molecule has 0 aliphatic carbocycles. The molecule has 1 aliphatic heterocycles. The van der Waals surface area contributed by atoms with E-state index in [1.54, 1.807) is 24.3 Å². The number of halogens is 1. The smallest absolute Gasteiger partial charge is 0.407 e. The summed E-state index contributed by atoms with van der Waals surface area (Å²) >= 11 is 6.14. The van der Waals surface area contributed by atoms with Gasteiger partial charge in [0.25, 0.3) is 5.88 Å². The molecule has 1 aromatic heterocycles. The number of hydrogen-bond donors (Lipinski definition) is 2. The molecule has 0 bridgehead atoms. The van der Waals surface area contributed by atoms with Crippen molar-refractivity contribution in [1.82, 2.24) is 14.9 Å². The van der Waals surface area contributed by atoms with Gasteiger partial charge in [-0.25, -0.2) is 14.8 Å². The molecule has 3 rings (SSSR count). The first kappa shape index (κ1) is 17.8. The van der Waals surface area contributed by atoms with Gasteiger partial charge in [0.1, 0.15) is 5.69 Å². The fourth-order valence-corrected chi connectivity index (χ4v) is 2.99. The third kappa shape index (κ3) is 3.78. The molecule has 1 aliphatic rings. The first-order valence-corrected chi connectivity index (χ1v) is 8.30. The molecule has 3 N–H and O–H groups in total. The monoisotopic (exact) mass is 373 g/mol. The molecule has 1 aromatic carbocycles. The van der Waals surface area contributed by atoms with E-state index in [2.05, 4.69) is 9.97 Å². The van der Waals surface area contributed by atoms with Crippen LogP contribution in [0.3, 0.4) is 0 Å². The predicted octanol–water partition coefficient (Wildman–Crippen LogP) is 2.63. The summed E-state index contributed by atoms with van der Waals surface area (Å²) in [6, 6.07) is 8.79. The van der Waals surface area contributed by atoms with Gasteiger partial charge in [0.05, 0.1) is 18.2 Å². The summed E-state index contributed by atoms with van der Waals surface area (Å²) in [7, 11) is 0. The lowest BCUT2D eigenvalue weighted by molar-refractivity contribution is 0.151. The lowest BCUT2D eigenvalue weighted by Crippen LogP contribution is -2.27. The Labute approximate surface area is 154 Å². The van der Waals surface area contributed by atoms with E-state index < -0.39 is 6.09 Å². The number of benzene rings is 1. The lowest BCUT2D eigenvalue weighted by Gasteiger charge is -2.14. The van der Waals surface area contributed by atoms with Crippen LogP contribution in [0.2, 0.25) is 5.15 Å². The van der Waals surface area contributed by atoms with Crippen LogP contribution in [0.25, 0.3) is 11.3 Å². The summed E-state index contributed by atoms with van der Waals surface area (Å²) in [5, 5.41) is 18.0. The molecule has 9 heteroatoms. The third-order valence-electron chi connectivity index (χ3n) is 4.15. The second kappa shape index (κ2) is 7.45. The zero-order valence-electron chi connectivity index (χ0n) is 13.7. The fourth-order valence-electron chi connectivity index (χ4n) is 2.74. The number of amides is 1. The quantitative estimate of drug-likeness (QED) is 0.843. The van der Waals surface area contributed by atoms with Gasteiger partial charge in [0.2, 0.25) is 0 Å². The summed E-state index contributed by atoms with van der Waals surface area (Å²) in [5.74, 6) is 0.296. The van der Waals surface area contributed by atoms with Crippen molar-refractivity contribution in [3.05, 3.63) is 35.0 Å². The van der Waals surface area contributed by atoms with Crippen LogP contribution < -0.4 is 10.5 Å². The first-order valence-electron chi connectivity index (χ1n) is 7.92. The number of likely N-dealkylation sites (tertiary alicyclic amines) is 1. The number of nitriles is 1. The van der Waals surface area contributed by atoms with Crippen molar-refractivity contribution >= 4 is 23.5 Å². The number of nitrogens with two attached hydrogens (primary N) is 1. The predicted molar refractivity (Wildman–Crippen MR) is 94.8 cm³/mol. The Morgan fingerprint density at radius 1 is 1.42 bits per heavy atom. The topological polar surface area (TPSA) is 125 Å². The van der Waals surface area contributed by atoms with Crippen molar-refractivity contribution in [2.45, 2.75) is 6.42 Å². The van der Waals surface area contributed by atoms with Gasteiger partial charge in [-0.15, -0.1) is 0 Å². The average molecular weight is 374 g/mol. The molecule has 134 valence electrons. The molecule has 0 spiro atoms. The second-order valence-electron chi connectivity index (χ2n) is 5.94. The number of ether oxygens (including phenoxy) is 1. The first-order chi connectivity index (χ1) is 12.5. The summed E-state index contributed by atoms with van der Waals surface area (Å²) in [5.41, 5.74) is 7.45. The van der Waals surface area contributed by atoms with Crippen LogP contribution in [0.4, 0.5) is 10.6 Å². The lowest BCUT2D eigenvalue weighted by atomic mass is 10.1. The molecule has 8 nitrogen and oxygen atoms in total. The molecule has 1 amide bonds. The van der Waals surface area contributed by atoms with Crippen molar-refractivity contribution in [3.8, 4) is 23.2 Å². The molecule has 1 saturated heterocycles. The van der Waals surface area contributed by atoms with Crippen LogP contribution in [0.1, 0.15) is 12.0 Å². The minimum atomic E-state index is -0.929. The Bertz CT molecular complexity index is 866. The minimum absolute atomic E-state index is 0.0699. The molecule has 0 unspecified atom stereocenters. The van der Waals surface area contributed by atoms with E-state index in [9.17, 15) is 4.79 Å². The van der Waals surface area contributed by atoms with Gasteiger partial charge in [-0.2, -0.15) is 5.26 Å². The molecule has 2 heterocycles. The summed E-state index contributed by atoms with van der Waals surface area (Å²) in [6.07, 6.45) is -0.211. The van der Waals surface area contributed by atoms with Crippen molar-refractivity contribution in [1.29, 1.82) is 5.26 Å². The van der Waals surface area contributed by atoms with Gasteiger partial charge in [-0.1, -0.05) is 23.7 Å². The van der Waals surface area contributed by atoms with E-state index in [4.69, 9.17) is 32.4 Å². The Balaban J connectivity index is 1.75. The molecular weight excluding hydrogens is 358 g/mol. The second-order valence-corrected chi connectivity index (χ2v) is 6.29. The van der Waals surface area contributed by atoms with Crippen LogP contribution >= 0.6 is 11.6 Å². The summed E-state index contributed by atoms with van der Waals surface area (Å²) in [6.45, 7) is 1.19. The molecule has 0 saturated carbocycles. The van der Waals surface area contributed by atoms with Crippen LogP contribution in [-0.2, 0) is 0 Å².